The molecule has 0 saturated heterocycles. The highest BCUT2D eigenvalue weighted by atomic mass is 35.5. The fourth-order valence-corrected chi connectivity index (χ4v) is 1.85. The Balaban J connectivity index is 4.02. The molecule has 0 aromatic carbocycles. The van der Waals surface area contributed by atoms with Gasteiger partial charge < -0.3 is 4.79 Å². The van der Waals surface area contributed by atoms with Gasteiger partial charge in [0.1, 0.15) is 6.29 Å². The molecule has 0 heterocycles. The van der Waals surface area contributed by atoms with Crippen LogP contribution in [0, 0.1) is 5.92 Å². The highest BCUT2D eigenvalue weighted by Gasteiger charge is 2.23. The molecular formula is C8H14Cl2O. The lowest BCUT2D eigenvalue weighted by Gasteiger charge is -2.20. The molecule has 3 atom stereocenters. The summed E-state index contributed by atoms with van der Waals surface area (Å²) in [6.07, 6.45) is 2.48. The van der Waals surface area contributed by atoms with Crippen molar-refractivity contribution in [2.24, 2.45) is 5.92 Å². The predicted molar refractivity (Wildman–Crippen MR) is 49.4 cm³/mol. The summed E-state index contributed by atoms with van der Waals surface area (Å²) in [5, 5.41) is -0.407. The fourth-order valence-electron chi connectivity index (χ4n) is 1.08. The molecule has 1 nitrogen and oxygen atoms in total. The molecule has 0 aromatic rings. The molecule has 0 fully saturated rings. The number of halogens is 2. The molecule has 0 amide bonds. The molecule has 11 heavy (non-hydrogen) atoms. The summed E-state index contributed by atoms with van der Waals surface area (Å²) < 4.78 is 0. The Bertz CT molecular complexity index is 117. The van der Waals surface area contributed by atoms with Crippen LogP contribution in [0.1, 0.15) is 26.7 Å². The van der Waals surface area contributed by atoms with Gasteiger partial charge in [0.15, 0.2) is 0 Å². The van der Waals surface area contributed by atoms with Gasteiger partial charge in [-0.05, 0) is 12.3 Å². The van der Waals surface area contributed by atoms with Crippen molar-refractivity contribution in [1.29, 1.82) is 0 Å². The standard InChI is InChI=1S/C8H14Cl2O/c1-3-6(7(9)4-2)8(10)5-11/h5-8H,3-4H2,1-2H3/t6-,7-,8-/m1/s1. The van der Waals surface area contributed by atoms with Gasteiger partial charge in [0.2, 0.25) is 0 Å². The molecule has 0 aliphatic heterocycles. The molecule has 0 aliphatic rings. The van der Waals surface area contributed by atoms with Gasteiger partial charge >= 0.3 is 0 Å². The molecule has 0 spiro atoms. The molecule has 3 heteroatoms. The van der Waals surface area contributed by atoms with Crippen molar-refractivity contribution in [3.05, 3.63) is 0 Å². The fraction of sp³-hybridized carbons (Fsp3) is 0.875. The van der Waals surface area contributed by atoms with Crippen LogP contribution >= 0.6 is 23.2 Å². The Morgan fingerprint density at radius 2 is 1.82 bits per heavy atom. The largest absolute Gasteiger partial charge is 0.302 e. The Morgan fingerprint density at radius 3 is 2.09 bits per heavy atom. The average molecular weight is 197 g/mol. The first-order valence-corrected chi connectivity index (χ1v) is 4.78. The van der Waals surface area contributed by atoms with E-state index in [2.05, 4.69) is 0 Å². The lowest BCUT2D eigenvalue weighted by molar-refractivity contribution is -0.108. The maximum absolute atomic E-state index is 10.3. The first kappa shape index (κ1) is 11.2. The van der Waals surface area contributed by atoms with Gasteiger partial charge in [-0.15, -0.1) is 23.2 Å². The van der Waals surface area contributed by atoms with Crippen LogP contribution in [0.5, 0.6) is 0 Å². The van der Waals surface area contributed by atoms with E-state index in [-0.39, 0.29) is 11.3 Å². The first-order chi connectivity index (χ1) is 5.17. The molecule has 0 N–H and O–H groups in total. The molecule has 0 rings (SSSR count). The van der Waals surface area contributed by atoms with E-state index in [0.717, 1.165) is 19.1 Å². The summed E-state index contributed by atoms with van der Waals surface area (Å²) in [7, 11) is 0. The first-order valence-electron chi connectivity index (χ1n) is 3.90. The summed E-state index contributed by atoms with van der Waals surface area (Å²) in [6.45, 7) is 3.99. The lowest BCUT2D eigenvalue weighted by Crippen LogP contribution is -2.24. The maximum atomic E-state index is 10.3. The molecule has 66 valence electrons. The van der Waals surface area contributed by atoms with Crippen molar-refractivity contribution in [3.8, 4) is 0 Å². The smallest absolute Gasteiger partial charge is 0.138 e. The van der Waals surface area contributed by atoms with E-state index >= 15 is 0 Å². The van der Waals surface area contributed by atoms with Crippen LogP contribution in [0.25, 0.3) is 0 Å². The van der Waals surface area contributed by atoms with Gasteiger partial charge in [0, 0.05) is 5.38 Å². The molecule has 0 aliphatic carbocycles. The zero-order chi connectivity index (χ0) is 8.85. The van der Waals surface area contributed by atoms with E-state index < -0.39 is 5.38 Å². The maximum Gasteiger partial charge on any atom is 0.138 e. The summed E-state index contributed by atoms with van der Waals surface area (Å²) in [5.41, 5.74) is 0. The minimum atomic E-state index is -0.428. The second-order valence-electron chi connectivity index (χ2n) is 2.58. The molecule has 0 radical (unpaired) electrons. The SMILES string of the molecule is CC[C@@H]([C@H](Cl)C=O)[C@H](Cl)CC. The van der Waals surface area contributed by atoms with Crippen molar-refractivity contribution in [1.82, 2.24) is 0 Å². The highest BCUT2D eigenvalue weighted by molar-refractivity contribution is 6.29. The van der Waals surface area contributed by atoms with E-state index in [1.807, 2.05) is 13.8 Å². The number of hydrogen-bond donors (Lipinski definition) is 0. The van der Waals surface area contributed by atoms with Gasteiger partial charge in [0.25, 0.3) is 0 Å². The predicted octanol–water partition coefficient (Wildman–Crippen LogP) is 2.84. The normalized spacial score (nSPS) is 18.9. The third kappa shape index (κ3) is 3.44. The molecule has 0 unspecified atom stereocenters. The second kappa shape index (κ2) is 5.84. The van der Waals surface area contributed by atoms with Crippen molar-refractivity contribution < 1.29 is 4.79 Å². The molecular weight excluding hydrogens is 183 g/mol. The zero-order valence-corrected chi connectivity index (χ0v) is 8.40. The quantitative estimate of drug-likeness (QED) is 0.489. The van der Waals surface area contributed by atoms with E-state index in [1.165, 1.54) is 0 Å². The minimum Gasteiger partial charge on any atom is -0.302 e. The number of aldehydes is 1. The zero-order valence-electron chi connectivity index (χ0n) is 6.89. The highest BCUT2D eigenvalue weighted by Crippen LogP contribution is 2.23. The third-order valence-electron chi connectivity index (χ3n) is 1.87. The number of hydrogen-bond acceptors (Lipinski definition) is 1. The Labute approximate surface area is 78.1 Å². The Morgan fingerprint density at radius 1 is 1.27 bits per heavy atom. The van der Waals surface area contributed by atoms with E-state index in [1.54, 1.807) is 0 Å². The van der Waals surface area contributed by atoms with Gasteiger partial charge in [-0.25, -0.2) is 0 Å². The average Bonchev–Trinajstić information content (AvgIpc) is 2.05. The van der Waals surface area contributed by atoms with Gasteiger partial charge in [-0.2, -0.15) is 0 Å². The van der Waals surface area contributed by atoms with Crippen LogP contribution in [0.15, 0.2) is 0 Å². The minimum absolute atomic E-state index is 0.0210. The third-order valence-corrected chi connectivity index (χ3v) is 2.92. The summed E-state index contributed by atoms with van der Waals surface area (Å²) in [6, 6.07) is 0. The van der Waals surface area contributed by atoms with Crippen LogP contribution < -0.4 is 0 Å². The molecule has 0 bridgehead atoms. The number of rotatable bonds is 5. The van der Waals surface area contributed by atoms with Crippen molar-refractivity contribution in [3.63, 3.8) is 0 Å². The van der Waals surface area contributed by atoms with Gasteiger partial charge in [-0.1, -0.05) is 20.3 Å². The molecule has 0 aromatic heterocycles. The van der Waals surface area contributed by atoms with Crippen molar-refractivity contribution in [2.75, 3.05) is 0 Å². The summed E-state index contributed by atoms with van der Waals surface area (Å²) >= 11 is 11.7. The molecule has 0 saturated carbocycles. The summed E-state index contributed by atoms with van der Waals surface area (Å²) in [4.78, 5) is 10.3. The van der Waals surface area contributed by atoms with Gasteiger partial charge in [-0.3, -0.25) is 0 Å². The van der Waals surface area contributed by atoms with Crippen LogP contribution in [0.3, 0.4) is 0 Å². The van der Waals surface area contributed by atoms with Crippen molar-refractivity contribution >= 4 is 29.5 Å². The Hall–Kier alpha value is 0.250. The summed E-state index contributed by atoms with van der Waals surface area (Å²) in [5.74, 6) is 0.112. The van der Waals surface area contributed by atoms with E-state index in [4.69, 9.17) is 23.2 Å². The second-order valence-corrected chi connectivity index (χ2v) is 3.64. The van der Waals surface area contributed by atoms with Crippen LogP contribution in [-0.4, -0.2) is 17.0 Å². The van der Waals surface area contributed by atoms with E-state index in [0.29, 0.717) is 0 Å². The van der Waals surface area contributed by atoms with Gasteiger partial charge in [0.05, 0.1) is 5.38 Å². The van der Waals surface area contributed by atoms with Crippen molar-refractivity contribution in [2.45, 2.75) is 37.4 Å². The number of carbonyl (C=O) groups excluding carboxylic acids is 1. The van der Waals surface area contributed by atoms with E-state index in [9.17, 15) is 4.79 Å². The van der Waals surface area contributed by atoms with Crippen LogP contribution in [-0.2, 0) is 4.79 Å². The van der Waals surface area contributed by atoms with Crippen LogP contribution in [0.4, 0.5) is 0 Å². The topological polar surface area (TPSA) is 17.1 Å². The Kier molecular flexibility index (Phi) is 5.98. The number of alkyl halides is 2. The van der Waals surface area contributed by atoms with Crippen LogP contribution in [0.2, 0.25) is 0 Å². The number of carbonyl (C=O) groups is 1. The monoisotopic (exact) mass is 196 g/mol. The lowest BCUT2D eigenvalue weighted by atomic mass is 9.97.